The van der Waals surface area contributed by atoms with E-state index in [4.69, 9.17) is 38.0 Å². The van der Waals surface area contributed by atoms with Gasteiger partial charge in [0.05, 0.1) is 23.8 Å². The number of hydrogen-bond donors (Lipinski definition) is 1. The molecule has 0 aliphatic heterocycles. The Kier molecular flexibility index (Phi) is 6.35. The minimum atomic E-state index is -1.10. The van der Waals surface area contributed by atoms with E-state index in [0.717, 1.165) is 27.7 Å². The second-order valence-electron chi connectivity index (χ2n) is 7.76. The zero-order valence-electron chi connectivity index (χ0n) is 18.2. The Morgan fingerprint density at radius 3 is 2.54 bits per heavy atom. The summed E-state index contributed by atoms with van der Waals surface area (Å²) in [6.45, 7) is 0.580. The number of pyridine rings is 2. The first-order chi connectivity index (χ1) is 17.0. The van der Waals surface area contributed by atoms with Gasteiger partial charge in [0, 0.05) is 22.4 Å². The molecule has 0 radical (unpaired) electrons. The SMILES string of the molecule is O=C(O)c1ccc(OCc2nc3ccc(-c4ccncc4)cc3n2Cc2cc(Cl)ccc2Cl)cn1. The van der Waals surface area contributed by atoms with E-state index in [0.29, 0.717) is 28.2 Å². The molecule has 7 nitrogen and oxygen atoms in total. The highest BCUT2D eigenvalue weighted by molar-refractivity contribution is 6.33. The second-order valence-corrected chi connectivity index (χ2v) is 8.61. The first-order valence-corrected chi connectivity index (χ1v) is 11.4. The minimum Gasteiger partial charge on any atom is -0.484 e. The lowest BCUT2D eigenvalue weighted by atomic mass is 10.1. The molecule has 0 bridgehead atoms. The van der Waals surface area contributed by atoms with Crippen molar-refractivity contribution in [1.82, 2.24) is 19.5 Å². The Morgan fingerprint density at radius 2 is 1.80 bits per heavy atom. The van der Waals surface area contributed by atoms with Crippen molar-refractivity contribution in [2.75, 3.05) is 0 Å². The number of nitrogens with zero attached hydrogens (tertiary/aromatic N) is 4. The molecule has 0 saturated heterocycles. The van der Waals surface area contributed by atoms with Crippen molar-refractivity contribution in [2.24, 2.45) is 0 Å². The van der Waals surface area contributed by atoms with Crippen LogP contribution in [0.2, 0.25) is 10.0 Å². The predicted octanol–water partition coefficient (Wildman–Crippen LogP) is 6.13. The monoisotopic (exact) mass is 504 g/mol. The number of halogens is 2. The van der Waals surface area contributed by atoms with E-state index in [2.05, 4.69) is 16.0 Å². The molecule has 1 N–H and O–H groups in total. The predicted molar refractivity (Wildman–Crippen MR) is 134 cm³/mol. The van der Waals surface area contributed by atoms with E-state index in [-0.39, 0.29) is 12.3 Å². The maximum absolute atomic E-state index is 11.1. The molecule has 0 fully saturated rings. The van der Waals surface area contributed by atoms with Gasteiger partial charge in [0.2, 0.25) is 0 Å². The smallest absolute Gasteiger partial charge is 0.354 e. The van der Waals surface area contributed by atoms with Crippen LogP contribution in [0.5, 0.6) is 5.75 Å². The highest BCUT2D eigenvalue weighted by Gasteiger charge is 2.15. The van der Waals surface area contributed by atoms with E-state index in [9.17, 15) is 4.79 Å². The van der Waals surface area contributed by atoms with E-state index in [1.807, 2.05) is 34.9 Å². The van der Waals surface area contributed by atoms with Gasteiger partial charge in [0.15, 0.2) is 0 Å². The summed E-state index contributed by atoms with van der Waals surface area (Å²) >= 11 is 12.7. The van der Waals surface area contributed by atoms with Crippen molar-refractivity contribution < 1.29 is 14.6 Å². The Bertz CT molecular complexity index is 1520. The van der Waals surface area contributed by atoms with Crippen LogP contribution in [0, 0.1) is 0 Å². The van der Waals surface area contributed by atoms with Gasteiger partial charge in [-0.3, -0.25) is 4.98 Å². The second kappa shape index (κ2) is 9.74. The summed E-state index contributed by atoms with van der Waals surface area (Å²) in [5.74, 6) is 0.0128. The molecule has 5 aromatic rings. The third-order valence-electron chi connectivity index (χ3n) is 5.50. The molecular formula is C26H18Cl2N4O3. The van der Waals surface area contributed by atoms with Gasteiger partial charge in [0.25, 0.3) is 0 Å². The maximum Gasteiger partial charge on any atom is 0.354 e. The van der Waals surface area contributed by atoms with Gasteiger partial charge in [-0.05, 0) is 71.3 Å². The fourth-order valence-corrected chi connectivity index (χ4v) is 4.13. The van der Waals surface area contributed by atoms with Crippen LogP contribution < -0.4 is 4.74 Å². The number of fused-ring (bicyclic) bond motifs is 1. The van der Waals surface area contributed by atoms with Crippen LogP contribution in [-0.4, -0.2) is 30.6 Å². The van der Waals surface area contributed by atoms with Crippen LogP contribution >= 0.6 is 23.2 Å². The lowest BCUT2D eigenvalue weighted by Gasteiger charge is -2.13. The first kappa shape index (κ1) is 22.8. The molecule has 3 heterocycles. The van der Waals surface area contributed by atoms with E-state index >= 15 is 0 Å². The summed E-state index contributed by atoms with van der Waals surface area (Å²) in [7, 11) is 0. The summed E-state index contributed by atoms with van der Waals surface area (Å²) in [6.07, 6.45) is 4.89. The van der Waals surface area contributed by atoms with Crippen molar-refractivity contribution in [1.29, 1.82) is 0 Å². The number of rotatable bonds is 7. The number of aromatic carboxylic acids is 1. The van der Waals surface area contributed by atoms with Crippen LogP contribution in [0.1, 0.15) is 21.9 Å². The van der Waals surface area contributed by atoms with E-state index in [1.165, 1.54) is 12.3 Å². The third-order valence-corrected chi connectivity index (χ3v) is 6.10. The molecule has 0 spiro atoms. The number of aromatic nitrogens is 4. The van der Waals surface area contributed by atoms with Crippen molar-refractivity contribution in [3.8, 4) is 16.9 Å². The highest BCUT2D eigenvalue weighted by atomic mass is 35.5. The van der Waals surface area contributed by atoms with Gasteiger partial charge in [-0.25, -0.2) is 14.8 Å². The average Bonchev–Trinajstić information content (AvgIpc) is 3.22. The molecule has 174 valence electrons. The number of carboxylic acids is 1. The largest absolute Gasteiger partial charge is 0.484 e. The fourth-order valence-electron chi connectivity index (χ4n) is 3.76. The Balaban J connectivity index is 1.54. The van der Waals surface area contributed by atoms with Gasteiger partial charge in [-0.1, -0.05) is 29.3 Å². The minimum absolute atomic E-state index is 0.0520. The molecule has 9 heteroatoms. The van der Waals surface area contributed by atoms with Crippen molar-refractivity contribution in [3.05, 3.63) is 106 Å². The molecule has 5 rings (SSSR count). The number of carbonyl (C=O) groups is 1. The first-order valence-electron chi connectivity index (χ1n) is 10.6. The zero-order valence-corrected chi connectivity index (χ0v) is 19.7. The number of benzene rings is 2. The average molecular weight is 505 g/mol. The molecule has 0 amide bonds. The Morgan fingerprint density at radius 1 is 0.971 bits per heavy atom. The lowest BCUT2D eigenvalue weighted by molar-refractivity contribution is 0.0690. The molecule has 35 heavy (non-hydrogen) atoms. The van der Waals surface area contributed by atoms with Crippen molar-refractivity contribution in [3.63, 3.8) is 0 Å². The van der Waals surface area contributed by atoms with Crippen molar-refractivity contribution in [2.45, 2.75) is 13.2 Å². The van der Waals surface area contributed by atoms with Crippen LogP contribution in [0.25, 0.3) is 22.2 Å². The quantitative estimate of drug-likeness (QED) is 0.286. The molecule has 0 atom stereocenters. The topological polar surface area (TPSA) is 90.1 Å². The number of ether oxygens (including phenoxy) is 1. The fraction of sp³-hybridized carbons (Fsp3) is 0.0769. The highest BCUT2D eigenvalue weighted by Crippen LogP contribution is 2.28. The summed E-state index contributed by atoms with van der Waals surface area (Å²) in [6, 6.07) is 18.3. The van der Waals surface area contributed by atoms with Gasteiger partial charge in [0.1, 0.15) is 23.9 Å². The number of carboxylic acid groups (broad SMARTS) is 1. The standard InChI is InChI=1S/C26H18Cl2N4O3/c27-19-2-4-21(28)18(11-19)14-32-24-12-17(16-7-9-29-10-8-16)1-5-22(24)31-25(32)15-35-20-3-6-23(26(33)34)30-13-20/h1-13H,14-15H2,(H,33,34). The number of imidazole rings is 1. The van der Waals surface area contributed by atoms with Gasteiger partial charge >= 0.3 is 5.97 Å². The maximum atomic E-state index is 11.1. The van der Waals surface area contributed by atoms with Crippen LogP contribution in [-0.2, 0) is 13.2 Å². The van der Waals surface area contributed by atoms with Gasteiger partial charge in [-0.15, -0.1) is 0 Å². The van der Waals surface area contributed by atoms with Crippen LogP contribution in [0.15, 0.2) is 79.3 Å². The molecule has 2 aromatic carbocycles. The molecule has 0 aliphatic carbocycles. The molecule has 0 aliphatic rings. The van der Waals surface area contributed by atoms with Crippen LogP contribution in [0.4, 0.5) is 0 Å². The number of hydrogen-bond acceptors (Lipinski definition) is 5. The third kappa shape index (κ3) is 4.96. The Labute approximate surface area is 210 Å². The molecule has 3 aromatic heterocycles. The molecule has 0 saturated carbocycles. The summed E-state index contributed by atoms with van der Waals surface area (Å²) in [4.78, 5) is 23.8. The molecular weight excluding hydrogens is 487 g/mol. The van der Waals surface area contributed by atoms with Gasteiger partial charge in [-0.2, -0.15) is 0 Å². The van der Waals surface area contributed by atoms with E-state index in [1.54, 1.807) is 30.6 Å². The zero-order chi connectivity index (χ0) is 24.4. The van der Waals surface area contributed by atoms with Crippen LogP contribution in [0.3, 0.4) is 0 Å². The summed E-state index contributed by atoms with van der Waals surface area (Å²) in [5.41, 5.74) is 4.58. The molecule has 0 unspecified atom stereocenters. The Hall–Kier alpha value is -3.94. The van der Waals surface area contributed by atoms with E-state index < -0.39 is 5.97 Å². The lowest BCUT2D eigenvalue weighted by Crippen LogP contribution is -2.09. The summed E-state index contributed by atoms with van der Waals surface area (Å²) in [5, 5.41) is 10.2. The summed E-state index contributed by atoms with van der Waals surface area (Å²) < 4.78 is 7.94. The normalized spacial score (nSPS) is 11.0. The van der Waals surface area contributed by atoms with Crippen molar-refractivity contribution >= 4 is 40.2 Å². The van der Waals surface area contributed by atoms with Gasteiger partial charge < -0.3 is 14.4 Å².